The molecule has 0 radical (unpaired) electrons. The number of hydrogen-bond donors (Lipinski definition) is 0. The van der Waals surface area contributed by atoms with Gasteiger partial charge < -0.3 is 9.64 Å². The van der Waals surface area contributed by atoms with Crippen LogP contribution in [0.5, 0.6) is 5.75 Å². The van der Waals surface area contributed by atoms with E-state index in [9.17, 15) is 9.18 Å². The predicted octanol–water partition coefficient (Wildman–Crippen LogP) is 3.75. The predicted molar refractivity (Wildman–Crippen MR) is 69.3 cm³/mol. The highest BCUT2D eigenvalue weighted by atomic mass is 19.1. The minimum atomic E-state index is -0.525. The van der Waals surface area contributed by atoms with Crippen LogP contribution < -0.4 is 4.74 Å². The Morgan fingerprint density at radius 1 is 1.22 bits per heavy atom. The van der Waals surface area contributed by atoms with Crippen LogP contribution in [0.25, 0.3) is 0 Å². The first-order chi connectivity index (χ1) is 8.32. The van der Waals surface area contributed by atoms with Crippen LogP contribution in [-0.2, 0) is 0 Å². The van der Waals surface area contributed by atoms with Gasteiger partial charge in [0.05, 0.1) is 0 Å². The van der Waals surface area contributed by atoms with E-state index in [1.807, 2.05) is 27.7 Å². The fourth-order valence-electron chi connectivity index (χ4n) is 1.85. The highest BCUT2D eigenvalue weighted by Gasteiger charge is 2.22. The Hall–Kier alpha value is -1.58. The molecule has 0 bridgehead atoms. The number of rotatable bonds is 3. The van der Waals surface area contributed by atoms with Crippen molar-refractivity contribution in [1.29, 1.82) is 0 Å². The zero-order chi connectivity index (χ0) is 13.9. The van der Waals surface area contributed by atoms with Gasteiger partial charge in [0.25, 0.3) is 0 Å². The van der Waals surface area contributed by atoms with Gasteiger partial charge in [-0.2, -0.15) is 0 Å². The Balaban J connectivity index is 2.86. The molecule has 0 aliphatic rings. The van der Waals surface area contributed by atoms with Gasteiger partial charge in [0, 0.05) is 12.1 Å². The first-order valence-corrected chi connectivity index (χ1v) is 6.09. The summed E-state index contributed by atoms with van der Waals surface area (Å²) in [6.07, 6.45) is -0.525. The van der Waals surface area contributed by atoms with Gasteiger partial charge in [-0.05, 0) is 52.3 Å². The molecule has 0 atom stereocenters. The summed E-state index contributed by atoms with van der Waals surface area (Å²) in [6.45, 7) is 9.36. The van der Waals surface area contributed by atoms with Crippen LogP contribution in [0.15, 0.2) is 18.2 Å². The maximum atomic E-state index is 13.6. The Labute approximate surface area is 108 Å². The maximum Gasteiger partial charge on any atom is 0.415 e. The Kier molecular flexibility index (Phi) is 4.70. The summed E-state index contributed by atoms with van der Waals surface area (Å²) < 4.78 is 18.7. The average Bonchev–Trinajstić information content (AvgIpc) is 2.21. The van der Waals surface area contributed by atoms with Crippen LogP contribution in [0.3, 0.4) is 0 Å². The van der Waals surface area contributed by atoms with E-state index < -0.39 is 11.9 Å². The normalized spacial score (nSPS) is 10.9. The van der Waals surface area contributed by atoms with Gasteiger partial charge in [-0.3, -0.25) is 0 Å². The molecule has 1 aromatic rings. The number of benzene rings is 1. The second kappa shape index (κ2) is 5.85. The third kappa shape index (κ3) is 3.45. The smallest absolute Gasteiger partial charge is 0.407 e. The molecule has 4 heteroatoms. The lowest BCUT2D eigenvalue weighted by Crippen LogP contribution is -2.43. The summed E-state index contributed by atoms with van der Waals surface area (Å²) in [5, 5.41) is 0. The second-order valence-corrected chi connectivity index (χ2v) is 4.90. The molecule has 3 nitrogen and oxygen atoms in total. The molecular weight excluding hydrogens is 233 g/mol. The van der Waals surface area contributed by atoms with Crippen LogP contribution in [0.4, 0.5) is 9.18 Å². The molecule has 0 fully saturated rings. The summed E-state index contributed by atoms with van der Waals surface area (Å²) in [6, 6.07) is 4.54. The van der Waals surface area contributed by atoms with Gasteiger partial charge in [-0.1, -0.05) is 6.07 Å². The van der Waals surface area contributed by atoms with Crippen molar-refractivity contribution in [3.63, 3.8) is 0 Å². The van der Waals surface area contributed by atoms with Gasteiger partial charge in [0.15, 0.2) is 11.6 Å². The molecule has 1 amide bonds. The molecule has 0 unspecified atom stereocenters. The van der Waals surface area contributed by atoms with Crippen molar-refractivity contribution in [2.24, 2.45) is 0 Å². The molecule has 0 aromatic heterocycles. The zero-order valence-electron chi connectivity index (χ0n) is 11.5. The van der Waals surface area contributed by atoms with Gasteiger partial charge in [0.1, 0.15) is 0 Å². The fraction of sp³-hybridized carbons (Fsp3) is 0.500. The van der Waals surface area contributed by atoms with E-state index in [-0.39, 0.29) is 17.8 Å². The van der Waals surface area contributed by atoms with E-state index in [0.717, 1.165) is 5.56 Å². The SMILES string of the molecule is Cc1ccc(OC(=O)N(C(C)C)C(C)C)c(F)c1. The highest BCUT2D eigenvalue weighted by molar-refractivity contribution is 5.71. The largest absolute Gasteiger partial charge is 0.415 e. The third-order valence-corrected chi connectivity index (χ3v) is 2.61. The monoisotopic (exact) mass is 253 g/mol. The van der Waals surface area contributed by atoms with Crippen molar-refractivity contribution in [2.45, 2.75) is 46.7 Å². The van der Waals surface area contributed by atoms with Crippen molar-refractivity contribution >= 4 is 6.09 Å². The molecule has 0 N–H and O–H groups in total. The summed E-state index contributed by atoms with van der Waals surface area (Å²) in [4.78, 5) is 13.5. The van der Waals surface area contributed by atoms with Crippen LogP contribution in [0, 0.1) is 12.7 Å². The van der Waals surface area contributed by atoms with E-state index in [1.165, 1.54) is 12.1 Å². The average molecular weight is 253 g/mol. The summed E-state index contributed by atoms with van der Waals surface area (Å²) in [7, 11) is 0. The van der Waals surface area contributed by atoms with Crippen LogP contribution in [0.1, 0.15) is 33.3 Å². The molecule has 0 aliphatic carbocycles. The number of hydrogen-bond acceptors (Lipinski definition) is 2. The standard InChI is InChI=1S/C14H20FNO2/c1-9(2)16(10(3)4)14(17)18-13-7-6-11(5)8-12(13)15/h6-10H,1-5H3. The van der Waals surface area contributed by atoms with E-state index in [4.69, 9.17) is 4.74 Å². The Bertz CT molecular complexity index is 422. The number of carbonyl (C=O) groups excluding carboxylic acids is 1. The van der Waals surface area contributed by atoms with Crippen LogP contribution >= 0.6 is 0 Å². The van der Waals surface area contributed by atoms with Gasteiger partial charge >= 0.3 is 6.09 Å². The number of carbonyl (C=O) groups is 1. The lowest BCUT2D eigenvalue weighted by Gasteiger charge is -2.29. The molecular formula is C14H20FNO2. The molecule has 18 heavy (non-hydrogen) atoms. The van der Waals surface area contributed by atoms with E-state index in [2.05, 4.69) is 0 Å². The second-order valence-electron chi connectivity index (χ2n) is 4.90. The van der Waals surface area contributed by atoms with Gasteiger partial charge in [-0.15, -0.1) is 0 Å². The maximum absolute atomic E-state index is 13.6. The van der Waals surface area contributed by atoms with Crippen molar-refractivity contribution in [2.75, 3.05) is 0 Å². The van der Waals surface area contributed by atoms with Gasteiger partial charge in [-0.25, -0.2) is 9.18 Å². The topological polar surface area (TPSA) is 29.5 Å². The molecule has 1 aromatic carbocycles. The minimum absolute atomic E-state index is 0.00556. The van der Waals surface area contributed by atoms with Gasteiger partial charge in [0.2, 0.25) is 0 Å². The molecule has 0 heterocycles. The number of ether oxygens (including phenoxy) is 1. The number of aryl methyl sites for hydroxylation is 1. The fourth-order valence-corrected chi connectivity index (χ4v) is 1.85. The van der Waals surface area contributed by atoms with Crippen LogP contribution in [-0.4, -0.2) is 23.1 Å². The molecule has 0 saturated heterocycles. The lowest BCUT2D eigenvalue weighted by molar-refractivity contribution is 0.121. The lowest BCUT2D eigenvalue weighted by atomic mass is 10.2. The number of amides is 1. The Morgan fingerprint density at radius 3 is 2.22 bits per heavy atom. The summed E-state index contributed by atoms with van der Waals surface area (Å²) in [5.41, 5.74) is 0.789. The molecule has 0 spiro atoms. The van der Waals surface area contributed by atoms with Crippen molar-refractivity contribution in [3.05, 3.63) is 29.6 Å². The molecule has 100 valence electrons. The van der Waals surface area contributed by atoms with Crippen molar-refractivity contribution in [3.8, 4) is 5.75 Å². The highest BCUT2D eigenvalue weighted by Crippen LogP contribution is 2.19. The van der Waals surface area contributed by atoms with E-state index in [0.29, 0.717) is 0 Å². The number of nitrogens with zero attached hydrogens (tertiary/aromatic N) is 1. The van der Waals surface area contributed by atoms with Crippen LogP contribution in [0.2, 0.25) is 0 Å². The quantitative estimate of drug-likeness (QED) is 0.821. The van der Waals surface area contributed by atoms with Crippen molar-refractivity contribution < 1.29 is 13.9 Å². The third-order valence-electron chi connectivity index (χ3n) is 2.61. The summed E-state index contributed by atoms with van der Waals surface area (Å²) in [5.74, 6) is -0.548. The molecule has 0 saturated carbocycles. The van der Waals surface area contributed by atoms with Crippen molar-refractivity contribution in [1.82, 2.24) is 4.90 Å². The summed E-state index contributed by atoms with van der Waals surface area (Å²) >= 11 is 0. The zero-order valence-corrected chi connectivity index (χ0v) is 11.5. The minimum Gasteiger partial charge on any atom is -0.407 e. The molecule has 1 rings (SSSR count). The first-order valence-electron chi connectivity index (χ1n) is 6.09. The Morgan fingerprint density at radius 2 is 1.78 bits per heavy atom. The van der Waals surface area contributed by atoms with E-state index in [1.54, 1.807) is 17.9 Å². The number of halogens is 1. The molecule has 0 aliphatic heterocycles. The van der Waals surface area contributed by atoms with E-state index >= 15 is 0 Å². The first kappa shape index (κ1) is 14.5.